The second kappa shape index (κ2) is 5.56. The van der Waals surface area contributed by atoms with Crippen LogP contribution < -0.4 is 5.73 Å². The van der Waals surface area contributed by atoms with Crippen LogP contribution >= 0.6 is 0 Å². The molecule has 0 radical (unpaired) electrons. The molecule has 0 aromatic carbocycles. The highest BCUT2D eigenvalue weighted by Crippen LogP contribution is 2.27. The highest BCUT2D eigenvalue weighted by atomic mass is 32.2. The van der Waals surface area contributed by atoms with Gasteiger partial charge in [0.25, 0.3) is 10.0 Å². The summed E-state index contributed by atoms with van der Waals surface area (Å²) in [7, 11) is -3.49. The maximum Gasteiger partial charge on any atom is 0.260 e. The van der Waals surface area contributed by atoms with Crippen molar-refractivity contribution in [3.05, 3.63) is 23.9 Å². The lowest BCUT2D eigenvalue weighted by molar-refractivity contribution is 0.217. The highest BCUT2D eigenvalue weighted by Gasteiger charge is 2.34. The Morgan fingerprint density at radius 1 is 1.37 bits per heavy atom. The summed E-state index contributed by atoms with van der Waals surface area (Å²) in [5.41, 5.74) is 6.32. The molecule has 19 heavy (non-hydrogen) atoms. The third-order valence-corrected chi connectivity index (χ3v) is 5.56. The zero-order valence-corrected chi connectivity index (χ0v) is 12.2. The van der Waals surface area contributed by atoms with E-state index in [0.717, 1.165) is 18.4 Å². The van der Waals surface area contributed by atoms with Crippen molar-refractivity contribution >= 4 is 10.0 Å². The van der Waals surface area contributed by atoms with E-state index in [2.05, 4.69) is 11.9 Å². The largest absolute Gasteiger partial charge is 0.326 e. The Hall–Kier alpha value is -0.980. The van der Waals surface area contributed by atoms with Gasteiger partial charge in [-0.3, -0.25) is 0 Å². The monoisotopic (exact) mass is 283 g/mol. The molecule has 0 spiro atoms. The van der Waals surface area contributed by atoms with Crippen LogP contribution in [0, 0.1) is 5.92 Å². The summed E-state index contributed by atoms with van der Waals surface area (Å²) < 4.78 is 26.7. The topological polar surface area (TPSA) is 76.3 Å². The highest BCUT2D eigenvalue weighted by molar-refractivity contribution is 7.89. The standard InChI is InChI=1S/C13H21N3O2S/c1-10-3-4-11(2)16(9-10)19(17,18)13-6-5-12(7-14)8-15-13/h5-6,8,10-11H,3-4,7,9,14H2,1-2H3. The van der Waals surface area contributed by atoms with Gasteiger partial charge in [0.15, 0.2) is 5.03 Å². The van der Waals surface area contributed by atoms with Crippen LogP contribution in [0.25, 0.3) is 0 Å². The molecule has 1 aliphatic heterocycles. The minimum absolute atomic E-state index is 0.0391. The fourth-order valence-corrected chi connectivity index (χ4v) is 4.08. The smallest absolute Gasteiger partial charge is 0.260 e. The first-order valence-electron chi connectivity index (χ1n) is 6.62. The molecule has 2 N–H and O–H groups in total. The predicted molar refractivity (Wildman–Crippen MR) is 73.9 cm³/mol. The van der Waals surface area contributed by atoms with Crippen LogP contribution in [0.2, 0.25) is 0 Å². The number of hydrogen-bond acceptors (Lipinski definition) is 4. The molecule has 1 fully saturated rings. The quantitative estimate of drug-likeness (QED) is 0.908. The number of aromatic nitrogens is 1. The first-order chi connectivity index (χ1) is 8.95. The molecular weight excluding hydrogens is 262 g/mol. The summed E-state index contributed by atoms with van der Waals surface area (Å²) in [5.74, 6) is 0.397. The SMILES string of the molecule is CC1CCC(C)N(S(=O)(=O)c2ccc(CN)cn2)C1. The molecule has 1 saturated heterocycles. The molecule has 0 saturated carbocycles. The third-order valence-electron chi connectivity index (χ3n) is 3.67. The van der Waals surface area contributed by atoms with E-state index in [9.17, 15) is 8.42 Å². The fourth-order valence-electron chi connectivity index (χ4n) is 2.39. The van der Waals surface area contributed by atoms with Crippen LogP contribution in [0.4, 0.5) is 0 Å². The van der Waals surface area contributed by atoms with E-state index < -0.39 is 10.0 Å². The van der Waals surface area contributed by atoms with Gasteiger partial charge in [0.2, 0.25) is 0 Å². The van der Waals surface area contributed by atoms with E-state index >= 15 is 0 Å². The van der Waals surface area contributed by atoms with E-state index in [1.807, 2.05) is 6.92 Å². The fraction of sp³-hybridized carbons (Fsp3) is 0.615. The lowest BCUT2D eigenvalue weighted by Crippen LogP contribution is -2.45. The molecule has 0 aliphatic carbocycles. The Kier molecular flexibility index (Phi) is 4.23. The van der Waals surface area contributed by atoms with E-state index in [0.29, 0.717) is 19.0 Å². The lowest BCUT2D eigenvalue weighted by atomic mass is 9.97. The molecule has 0 bridgehead atoms. The molecule has 106 valence electrons. The van der Waals surface area contributed by atoms with Crippen molar-refractivity contribution in [2.45, 2.75) is 44.3 Å². The van der Waals surface area contributed by atoms with Crippen LogP contribution in [-0.4, -0.2) is 30.3 Å². The van der Waals surface area contributed by atoms with Crippen molar-refractivity contribution in [2.75, 3.05) is 6.54 Å². The Labute approximate surface area is 114 Å². The van der Waals surface area contributed by atoms with Gasteiger partial charge >= 0.3 is 0 Å². The summed E-state index contributed by atoms with van der Waals surface area (Å²) in [6.45, 7) is 4.98. The Bertz CT molecular complexity index is 527. The molecule has 0 amide bonds. The maximum atomic E-state index is 12.6. The second-order valence-electron chi connectivity index (χ2n) is 5.32. The average Bonchev–Trinajstić information content (AvgIpc) is 2.41. The summed E-state index contributed by atoms with van der Waals surface area (Å²) in [6, 6.07) is 3.30. The van der Waals surface area contributed by atoms with Gasteiger partial charge in [-0.25, -0.2) is 13.4 Å². The number of nitrogens with two attached hydrogens (primary N) is 1. The third kappa shape index (κ3) is 2.96. The molecule has 2 atom stereocenters. The van der Waals surface area contributed by atoms with Gasteiger partial charge in [-0.2, -0.15) is 4.31 Å². The minimum Gasteiger partial charge on any atom is -0.326 e. The van der Waals surface area contributed by atoms with Crippen LogP contribution in [0.1, 0.15) is 32.3 Å². The van der Waals surface area contributed by atoms with Crippen LogP contribution in [0.3, 0.4) is 0 Å². The molecule has 2 unspecified atom stereocenters. The number of sulfonamides is 1. The van der Waals surface area contributed by atoms with Gasteiger partial charge in [0.1, 0.15) is 0 Å². The Balaban J connectivity index is 2.29. The van der Waals surface area contributed by atoms with Crippen molar-refractivity contribution in [1.82, 2.24) is 9.29 Å². The van der Waals surface area contributed by atoms with Crippen LogP contribution in [-0.2, 0) is 16.6 Å². The minimum atomic E-state index is -3.49. The van der Waals surface area contributed by atoms with Gasteiger partial charge in [-0.1, -0.05) is 13.0 Å². The molecule has 2 heterocycles. The van der Waals surface area contributed by atoms with Crippen molar-refractivity contribution in [1.29, 1.82) is 0 Å². The van der Waals surface area contributed by atoms with Crippen molar-refractivity contribution in [3.8, 4) is 0 Å². The van der Waals surface area contributed by atoms with Crippen molar-refractivity contribution in [3.63, 3.8) is 0 Å². The lowest BCUT2D eigenvalue weighted by Gasteiger charge is -2.35. The zero-order valence-electron chi connectivity index (χ0n) is 11.4. The summed E-state index contributed by atoms with van der Waals surface area (Å²) >= 11 is 0. The van der Waals surface area contributed by atoms with E-state index in [1.54, 1.807) is 16.4 Å². The first kappa shape index (κ1) is 14.4. The number of pyridine rings is 1. The van der Waals surface area contributed by atoms with Gasteiger partial charge in [-0.05, 0) is 37.3 Å². The van der Waals surface area contributed by atoms with Gasteiger partial charge in [-0.15, -0.1) is 0 Å². The van der Waals surface area contributed by atoms with E-state index in [-0.39, 0.29) is 11.1 Å². The summed E-state index contributed by atoms with van der Waals surface area (Å²) in [4.78, 5) is 4.05. The Morgan fingerprint density at radius 3 is 2.68 bits per heavy atom. The van der Waals surface area contributed by atoms with E-state index in [4.69, 9.17) is 5.73 Å². The summed E-state index contributed by atoms with van der Waals surface area (Å²) in [5, 5.41) is 0.116. The van der Waals surface area contributed by atoms with Crippen LogP contribution in [0.15, 0.2) is 23.4 Å². The predicted octanol–water partition coefficient (Wildman–Crippen LogP) is 1.35. The molecular formula is C13H21N3O2S. The first-order valence-corrected chi connectivity index (χ1v) is 8.06. The van der Waals surface area contributed by atoms with Gasteiger partial charge < -0.3 is 5.73 Å². The Morgan fingerprint density at radius 2 is 2.11 bits per heavy atom. The molecule has 6 heteroatoms. The number of nitrogens with zero attached hydrogens (tertiary/aromatic N) is 2. The molecule has 1 aromatic heterocycles. The van der Waals surface area contributed by atoms with Crippen LogP contribution in [0.5, 0.6) is 0 Å². The molecule has 5 nitrogen and oxygen atoms in total. The molecule has 1 aliphatic rings. The normalized spacial score (nSPS) is 25.4. The van der Waals surface area contributed by atoms with Crippen molar-refractivity contribution < 1.29 is 8.42 Å². The molecule has 1 aromatic rings. The maximum absolute atomic E-state index is 12.6. The molecule has 2 rings (SSSR count). The summed E-state index contributed by atoms with van der Waals surface area (Å²) in [6.07, 6.45) is 3.51. The van der Waals surface area contributed by atoms with Gasteiger partial charge in [0.05, 0.1) is 0 Å². The number of piperidine rings is 1. The number of rotatable bonds is 3. The van der Waals surface area contributed by atoms with E-state index in [1.165, 1.54) is 6.20 Å². The van der Waals surface area contributed by atoms with Gasteiger partial charge in [0, 0.05) is 25.3 Å². The number of hydrogen-bond donors (Lipinski definition) is 1. The van der Waals surface area contributed by atoms with Crippen molar-refractivity contribution in [2.24, 2.45) is 11.7 Å². The second-order valence-corrected chi connectivity index (χ2v) is 7.15. The average molecular weight is 283 g/mol. The zero-order chi connectivity index (χ0) is 14.0.